The van der Waals surface area contributed by atoms with Crippen LogP contribution in [0.15, 0.2) is 24.3 Å². The fourth-order valence-electron chi connectivity index (χ4n) is 1.60. The van der Waals surface area contributed by atoms with E-state index in [9.17, 15) is 4.79 Å². The van der Waals surface area contributed by atoms with Crippen LogP contribution in [0.5, 0.6) is 5.75 Å². The fourth-order valence-corrected chi connectivity index (χ4v) is 1.60. The number of carbonyl (C=O) groups is 1. The number of rotatable bonds is 1. The molecule has 4 heteroatoms. The molecule has 1 aliphatic heterocycles. The SMILES string of the molecule is O=C(O)C1CCOc2ccccc21.[NaH]. The summed E-state index contributed by atoms with van der Waals surface area (Å²) in [6.45, 7) is 0.494. The summed E-state index contributed by atoms with van der Waals surface area (Å²) in [5, 5.41) is 8.93. The van der Waals surface area contributed by atoms with Crippen LogP contribution in [0.25, 0.3) is 0 Å². The van der Waals surface area contributed by atoms with Crippen LogP contribution in [0.3, 0.4) is 0 Å². The number of carboxylic acid groups (broad SMARTS) is 1. The molecule has 1 heterocycles. The van der Waals surface area contributed by atoms with E-state index in [0.717, 1.165) is 5.56 Å². The van der Waals surface area contributed by atoms with Crippen molar-refractivity contribution in [3.8, 4) is 5.75 Å². The number of fused-ring (bicyclic) bond motifs is 1. The van der Waals surface area contributed by atoms with Gasteiger partial charge in [0.05, 0.1) is 12.5 Å². The Morgan fingerprint density at radius 2 is 2.14 bits per heavy atom. The average molecular weight is 202 g/mol. The van der Waals surface area contributed by atoms with Gasteiger partial charge in [0.25, 0.3) is 0 Å². The molecule has 0 radical (unpaired) electrons. The molecular weight excluding hydrogens is 191 g/mol. The molecule has 0 bridgehead atoms. The van der Waals surface area contributed by atoms with E-state index in [4.69, 9.17) is 9.84 Å². The van der Waals surface area contributed by atoms with Gasteiger partial charge in [0.15, 0.2) is 0 Å². The normalized spacial score (nSPS) is 18.7. The first-order valence-electron chi connectivity index (χ1n) is 4.23. The molecule has 1 aliphatic rings. The predicted molar refractivity (Wildman–Crippen MR) is 54.1 cm³/mol. The van der Waals surface area contributed by atoms with Crippen LogP contribution < -0.4 is 4.74 Å². The van der Waals surface area contributed by atoms with Gasteiger partial charge in [-0.25, -0.2) is 0 Å². The first kappa shape index (κ1) is 11.6. The van der Waals surface area contributed by atoms with Gasteiger partial charge in [-0.1, -0.05) is 18.2 Å². The molecule has 0 amide bonds. The van der Waals surface area contributed by atoms with E-state index in [-0.39, 0.29) is 29.6 Å². The monoisotopic (exact) mass is 202 g/mol. The van der Waals surface area contributed by atoms with Crippen LogP contribution in [-0.4, -0.2) is 47.2 Å². The molecule has 1 aromatic rings. The summed E-state index contributed by atoms with van der Waals surface area (Å²) in [4.78, 5) is 10.9. The Balaban J connectivity index is 0.000000980. The minimum absolute atomic E-state index is 0. The Morgan fingerprint density at radius 3 is 2.86 bits per heavy atom. The molecule has 3 nitrogen and oxygen atoms in total. The molecule has 0 saturated carbocycles. The van der Waals surface area contributed by atoms with Gasteiger partial charge in [0.2, 0.25) is 0 Å². The van der Waals surface area contributed by atoms with Gasteiger partial charge in [-0.2, -0.15) is 0 Å². The second-order valence-electron chi connectivity index (χ2n) is 3.07. The quantitative estimate of drug-likeness (QED) is 0.691. The molecule has 1 N–H and O–H groups in total. The maximum absolute atomic E-state index is 10.9. The molecule has 0 aliphatic carbocycles. The van der Waals surface area contributed by atoms with Crippen LogP contribution in [-0.2, 0) is 4.79 Å². The van der Waals surface area contributed by atoms with Crippen molar-refractivity contribution in [2.45, 2.75) is 12.3 Å². The Bertz CT molecular complexity index is 338. The number of benzene rings is 1. The second kappa shape index (κ2) is 4.82. The number of hydrogen-bond donors (Lipinski definition) is 1. The van der Waals surface area contributed by atoms with Crippen LogP contribution >= 0.6 is 0 Å². The standard InChI is InChI=1S/C10H10O3.Na.H/c11-10(12)8-5-6-13-9-4-2-1-3-7(8)9;;/h1-4,8H,5-6H2,(H,11,12);;. The summed E-state index contributed by atoms with van der Waals surface area (Å²) in [6.07, 6.45) is 0.562. The van der Waals surface area contributed by atoms with E-state index in [1.165, 1.54) is 0 Å². The summed E-state index contributed by atoms with van der Waals surface area (Å²) in [7, 11) is 0. The third-order valence-corrected chi connectivity index (χ3v) is 2.26. The summed E-state index contributed by atoms with van der Waals surface area (Å²) in [5.41, 5.74) is 0.793. The van der Waals surface area contributed by atoms with E-state index in [0.29, 0.717) is 18.8 Å². The van der Waals surface area contributed by atoms with Crippen molar-refractivity contribution in [1.82, 2.24) is 0 Å². The number of carboxylic acids is 1. The van der Waals surface area contributed by atoms with Gasteiger partial charge >= 0.3 is 35.5 Å². The van der Waals surface area contributed by atoms with Crippen molar-refractivity contribution in [3.05, 3.63) is 29.8 Å². The van der Waals surface area contributed by atoms with Gasteiger partial charge in [0.1, 0.15) is 5.75 Å². The third kappa shape index (κ3) is 2.11. The number of para-hydroxylation sites is 1. The van der Waals surface area contributed by atoms with Gasteiger partial charge in [0, 0.05) is 5.56 Å². The third-order valence-electron chi connectivity index (χ3n) is 2.26. The summed E-state index contributed by atoms with van der Waals surface area (Å²) >= 11 is 0. The van der Waals surface area contributed by atoms with E-state index >= 15 is 0 Å². The first-order chi connectivity index (χ1) is 6.29. The second-order valence-corrected chi connectivity index (χ2v) is 3.07. The Hall–Kier alpha value is -0.510. The molecular formula is C10H11NaO3. The van der Waals surface area contributed by atoms with Crippen molar-refractivity contribution >= 4 is 35.5 Å². The van der Waals surface area contributed by atoms with E-state index < -0.39 is 11.9 Å². The van der Waals surface area contributed by atoms with Crippen molar-refractivity contribution in [2.24, 2.45) is 0 Å². The predicted octanol–water partition coefficient (Wildman–Crippen LogP) is 0.989. The molecule has 0 saturated heterocycles. The van der Waals surface area contributed by atoms with Crippen LogP contribution in [0.2, 0.25) is 0 Å². The average Bonchev–Trinajstić information content (AvgIpc) is 2.17. The number of hydrogen-bond acceptors (Lipinski definition) is 2. The van der Waals surface area contributed by atoms with E-state index in [1.807, 2.05) is 24.3 Å². The fraction of sp³-hybridized carbons (Fsp3) is 0.300. The zero-order valence-corrected chi connectivity index (χ0v) is 7.06. The van der Waals surface area contributed by atoms with Crippen molar-refractivity contribution in [1.29, 1.82) is 0 Å². The molecule has 0 fully saturated rings. The van der Waals surface area contributed by atoms with Gasteiger partial charge in [-0.3, -0.25) is 4.79 Å². The van der Waals surface area contributed by atoms with E-state index in [1.54, 1.807) is 0 Å². The van der Waals surface area contributed by atoms with Crippen LogP contribution in [0.4, 0.5) is 0 Å². The molecule has 1 aromatic carbocycles. The van der Waals surface area contributed by atoms with Gasteiger partial charge in [-0.15, -0.1) is 0 Å². The molecule has 1 unspecified atom stereocenters. The molecule has 0 aromatic heterocycles. The molecule has 14 heavy (non-hydrogen) atoms. The molecule has 2 rings (SSSR count). The number of ether oxygens (including phenoxy) is 1. The minimum atomic E-state index is -0.768. The first-order valence-corrected chi connectivity index (χ1v) is 4.23. The maximum atomic E-state index is 10.9. The van der Waals surface area contributed by atoms with Crippen molar-refractivity contribution in [3.63, 3.8) is 0 Å². The molecule has 0 spiro atoms. The summed E-state index contributed by atoms with van der Waals surface area (Å²) in [5.74, 6) is -0.457. The Morgan fingerprint density at radius 1 is 1.43 bits per heavy atom. The Labute approximate surface area is 104 Å². The zero-order chi connectivity index (χ0) is 9.26. The molecule has 70 valence electrons. The topological polar surface area (TPSA) is 46.5 Å². The van der Waals surface area contributed by atoms with E-state index in [2.05, 4.69) is 0 Å². The van der Waals surface area contributed by atoms with Gasteiger partial charge < -0.3 is 9.84 Å². The molecule has 1 atom stereocenters. The van der Waals surface area contributed by atoms with Gasteiger partial charge in [-0.05, 0) is 12.5 Å². The zero-order valence-electron chi connectivity index (χ0n) is 7.06. The summed E-state index contributed by atoms with van der Waals surface area (Å²) in [6, 6.07) is 7.31. The number of aliphatic carboxylic acids is 1. The van der Waals surface area contributed by atoms with Crippen molar-refractivity contribution in [2.75, 3.05) is 6.61 Å². The summed E-state index contributed by atoms with van der Waals surface area (Å²) < 4.78 is 5.34. The van der Waals surface area contributed by atoms with Crippen LogP contribution in [0, 0.1) is 0 Å². The Kier molecular flexibility index (Phi) is 3.98. The van der Waals surface area contributed by atoms with Crippen molar-refractivity contribution < 1.29 is 14.6 Å². The van der Waals surface area contributed by atoms with Crippen LogP contribution in [0.1, 0.15) is 17.9 Å².